The van der Waals surface area contributed by atoms with E-state index < -0.39 is 31.8 Å². The Bertz CT molecular complexity index is 1040. The van der Waals surface area contributed by atoms with Gasteiger partial charge >= 0.3 is 0 Å². The number of sulfone groups is 1. The van der Waals surface area contributed by atoms with Crippen molar-refractivity contribution in [3.05, 3.63) is 42.1 Å². The van der Waals surface area contributed by atoms with E-state index in [2.05, 4.69) is 24.8 Å². The first kappa shape index (κ1) is 16.8. The molecule has 0 radical (unpaired) electrons. The van der Waals surface area contributed by atoms with Crippen LogP contribution in [0.4, 0.5) is 4.39 Å². The van der Waals surface area contributed by atoms with Crippen molar-refractivity contribution in [3.8, 4) is 11.5 Å². The van der Waals surface area contributed by atoms with Crippen LogP contribution in [0.1, 0.15) is 30.9 Å². The van der Waals surface area contributed by atoms with Crippen molar-refractivity contribution < 1.29 is 21.9 Å². The number of rotatable bonds is 5. The molecule has 26 heavy (non-hydrogen) atoms. The van der Waals surface area contributed by atoms with Crippen molar-refractivity contribution in [1.82, 2.24) is 20.3 Å². The van der Waals surface area contributed by atoms with Gasteiger partial charge in [-0.1, -0.05) is 10.3 Å². The van der Waals surface area contributed by atoms with Gasteiger partial charge in [-0.3, -0.25) is 0 Å². The Balaban J connectivity index is 1.68. The maximum atomic E-state index is 14.1. The predicted molar refractivity (Wildman–Crippen MR) is 84.6 cm³/mol. The Hall–Kier alpha value is -2.66. The summed E-state index contributed by atoms with van der Waals surface area (Å²) in [7, 11) is -4.03. The lowest BCUT2D eigenvalue weighted by molar-refractivity contribution is 0.229. The number of benzene rings is 1. The zero-order chi connectivity index (χ0) is 18.4. The zero-order valence-corrected chi connectivity index (χ0v) is 14.2. The number of hydrogen-bond acceptors (Lipinski definition) is 9. The molecule has 3 aromatic rings. The van der Waals surface area contributed by atoms with Crippen LogP contribution in [0.3, 0.4) is 0 Å². The molecule has 136 valence electrons. The topological polar surface area (TPSA) is 138 Å². The number of hydrogen-bond donors (Lipinski definition) is 1. The lowest BCUT2D eigenvalue weighted by atomic mass is 9.77. The van der Waals surface area contributed by atoms with E-state index in [1.165, 1.54) is 6.07 Å². The quantitative estimate of drug-likeness (QED) is 0.700. The first-order chi connectivity index (χ1) is 12.4. The first-order valence-corrected chi connectivity index (χ1v) is 9.44. The second-order valence-corrected chi connectivity index (χ2v) is 8.14. The van der Waals surface area contributed by atoms with E-state index in [1.54, 1.807) is 0 Å². The number of nitrogens with two attached hydrogens (primary N) is 1. The average Bonchev–Trinajstić information content (AvgIpc) is 3.24. The van der Waals surface area contributed by atoms with Crippen LogP contribution >= 0.6 is 0 Å². The van der Waals surface area contributed by atoms with Gasteiger partial charge in [-0.15, -0.1) is 0 Å². The lowest BCUT2D eigenvalue weighted by Crippen LogP contribution is -2.44. The summed E-state index contributed by atoms with van der Waals surface area (Å²) in [6, 6.07) is 3.54. The molecule has 0 amide bonds. The highest BCUT2D eigenvalue weighted by molar-refractivity contribution is 7.90. The van der Waals surface area contributed by atoms with Gasteiger partial charge in [0, 0.05) is 5.56 Å². The molecule has 1 aromatic carbocycles. The third-order valence-electron chi connectivity index (χ3n) is 4.36. The Morgan fingerprint density at radius 1 is 1.27 bits per heavy atom. The normalized spacial score (nSPS) is 16.4. The molecule has 0 aliphatic heterocycles. The second-order valence-electron chi connectivity index (χ2n) is 6.18. The van der Waals surface area contributed by atoms with E-state index in [-0.39, 0.29) is 17.3 Å². The monoisotopic (exact) mass is 379 g/mol. The molecule has 1 aliphatic carbocycles. The molecule has 0 atom stereocenters. The van der Waals surface area contributed by atoms with Crippen molar-refractivity contribution in [1.29, 1.82) is 0 Å². The van der Waals surface area contributed by atoms with E-state index >= 15 is 0 Å². The van der Waals surface area contributed by atoms with E-state index in [0.29, 0.717) is 5.82 Å². The fourth-order valence-electron chi connectivity index (χ4n) is 2.70. The Morgan fingerprint density at radius 2 is 2.08 bits per heavy atom. The molecule has 0 spiro atoms. The summed E-state index contributed by atoms with van der Waals surface area (Å²) in [5, 5.41) is 7.32. The number of aromatic nitrogens is 4. The molecule has 9 nitrogen and oxygen atoms in total. The minimum Gasteiger partial charge on any atom is -0.343 e. The fraction of sp³-hybridized carbons (Fsp3) is 0.333. The van der Waals surface area contributed by atoms with Gasteiger partial charge < -0.3 is 14.8 Å². The summed E-state index contributed by atoms with van der Waals surface area (Å²) >= 11 is 0. The van der Waals surface area contributed by atoms with Gasteiger partial charge in [-0.25, -0.2) is 12.8 Å². The number of halogens is 1. The van der Waals surface area contributed by atoms with Crippen LogP contribution in [0.25, 0.3) is 11.5 Å². The van der Waals surface area contributed by atoms with Crippen LogP contribution in [-0.2, 0) is 21.1 Å². The molecule has 0 unspecified atom stereocenters. The van der Waals surface area contributed by atoms with E-state index in [9.17, 15) is 12.8 Å². The van der Waals surface area contributed by atoms with E-state index in [1.807, 2.05) is 0 Å². The summed E-state index contributed by atoms with van der Waals surface area (Å²) in [6.07, 6.45) is 3.48. The SMILES string of the molecule is NC1(c2noc(-c3ccc(F)c(S(=O)(=O)Cc4ncon4)c3)n2)CCC1. The molecule has 1 saturated carbocycles. The van der Waals surface area contributed by atoms with Gasteiger partial charge in [0.2, 0.25) is 6.39 Å². The van der Waals surface area contributed by atoms with Gasteiger partial charge in [0.15, 0.2) is 21.5 Å². The highest BCUT2D eigenvalue weighted by Gasteiger charge is 2.39. The van der Waals surface area contributed by atoms with Gasteiger partial charge in [-0.2, -0.15) is 9.97 Å². The Morgan fingerprint density at radius 3 is 2.73 bits per heavy atom. The largest absolute Gasteiger partial charge is 0.343 e. The molecule has 0 saturated heterocycles. The van der Waals surface area contributed by atoms with Gasteiger partial charge in [0.05, 0.1) is 5.54 Å². The van der Waals surface area contributed by atoms with Crippen LogP contribution < -0.4 is 5.73 Å². The molecule has 11 heteroatoms. The third-order valence-corrected chi connectivity index (χ3v) is 5.98. The predicted octanol–water partition coefficient (Wildman–Crippen LogP) is 1.57. The zero-order valence-electron chi connectivity index (χ0n) is 13.4. The highest BCUT2D eigenvalue weighted by atomic mass is 32.2. The molecule has 1 fully saturated rings. The average molecular weight is 379 g/mol. The van der Waals surface area contributed by atoms with Gasteiger partial charge in [0.1, 0.15) is 16.5 Å². The minimum absolute atomic E-state index is 0.0649. The summed E-state index contributed by atoms with van der Waals surface area (Å²) in [5.74, 6) is -1.12. The van der Waals surface area contributed by atoms with E-state index in [4.69, 9.17) is 10.3 Å². The standard InChI is InChI=1S/C15H14FN5O4S/c16-10-3-2-9(13-19-14(21-25-13)15(17)4-1-5-15)6-11(10)26(22,23)7-12-18-8-24-20-12/h2-3,6,8H,1,4-5,7,17H2. The van der Waals surface area contributed by atoms with Crippen LogP contribution in [0, 0.1) is 5.82 Å². The molecular formula is C15H14FN5O4S. The lowest BCUT2D eigenvalue weighted by Gasteiger charge is -2.34. The van der Waals surface area contributed by atoms with Crippen LogP contribution in [0.15, 0.2) is 38.5 Å². The van der Waals surface area contributed by atoms with Crippen molar-refractivity contribution >= 4 is 9.84 Å². The molecular weight excluding hydrogens is 365 g/mol. The Labute approximate surface area is 147 Å². The minimum atomic E-state index is -4.03. The molecule has 1 aliphatic rings. The smallest absolute Gasteiger partial charge is 0.258 e. The molecule has 2 N–H and O–H groups in total. The fourth-order valence-corrected chi connectivity index (χ4v) is 4.00. The van der Waals surface area contributed by atoms with Crippen molar-refractivity contribution in [2.45, 2.75) is 35.4 Å². The Kier molecular flexibility index (Phi) is 3.84. The molecule has 2 heterocycles. The highest BCUT2D eigenvalue weighted by Crippen LogP contribution is 2.37. The second kappa shape index (κ2) is 5.95. The van der Waals surface area contributed by atoms with Crippen LogP contribution in [0.2, 0.25) is 0 Å². The van der Waals surface area contributed by atoms with Crippen molar-refractivity contribution in [2.75, 3.05) is 0 Å². The van der Waals surface area contributed by atoms with E-state index in [0.717, 1.165) is 37.8 Å². The van der Waals surface area contributed by atoms with Crippen LogP contribution in [0.5, 0.6) is 0 Å². The van der Waals surface area contributed by atoms with Crippen LogP contribution in [-0.4, -0.2) is 28.7 Å². The molecule has 4 rings (SSSR count). The maximum absolute atomic E-state index is 14.1. The summed E-state index contributed by atoms with van der Waals surface area (Å²) in [5.41, 5.74) is 5.81. The molecule has 2 aromatic heterocycles. The first-order valence-electron chi connectivity index (χ1n) is 7.78. The van der Waals surface area contributed by atoms with Gasteiger partial charge in [-0.05, 0) is 37.5 Å². The maximum Gasteiger partial charge on any atom is 0.258 e. The van der Waals surface area contributed by atoms with Crippen molar-refractivity contribution in [3.63, 3.8) is 0 Å². The third kappa shape index (κ3) is 2.88. The van der Waals surface area contributed by atoms with Gasteiger partial charge in [0.25, 0.3) is 5.89 Å². The number of nitrogens with zero attached hydrogens (tertiary/aromatic N) is 4. The molecule has 0 bridgehead atoms. The van der Waals surface area contributed by atoms with Crippen molar-refractivity contribution in [2.24, 2.45) is 5.73 Å². The summed E-state index contributed by atoms with van der Waals surface area (Å²) in [4.78, 5) is 7.38. The summed E-state index contributed by atoms with van der Waals surface area (Å²) in [6.45, 7) is 0. The summed E-state index contributed by atoms with van der Waals surface area (Å²) < 4.78 is 48.8.